The number of aromatic nitrogens is 1. The van der Waals surface area contributed by atoms with E-state index in [1.807, 2.05) is 12.1 Å². The minimum Gasteiger partial charge on any atom is -0.480 e. The highest BCUT2D eigenvalue weighted by Gasteiger charge is 2.18. The molecule has 114 valence electrons. The molecule has 0 radical (unpaired) electrons. The van der Waals surface area contributed by atoms with Gasteiger partial charge in [0.25, 0.3) is 0 Å². The van der Waals surface area contributed by atoms with Gasteiger partial charge in [-0.1, -0.05) is 17.7 Å². The monoisotopic (exact) mass is 330 g/mol. The second-order valence-corrected chi connectivity index (χ2v) is 5.02. The molecule has 7 heteroatoms. The molecule has 2 rings (SSSR count). The van der Waals surface area contributed by atoms with E-state index in [1.165, 1.54) is 6.26 Å². The number of carbonyl (C=O) groups is 1. The second-order valence-electron chi connectivity index (χ2n) is 4.58. The molecule has 21 heavy (non-hydrogen) atoms. The van der Waals surface area contributed by atoms with E-state index in [4.69, 9.17) is 21.1 Å². The van der Waals surface area contributed by atoms with Crippen LogP contribution in [0.4, 0.5) is 0 Å². The van der Waals surface area contributed by atoms with Crippen molar-refractivity contribution in [3.05, 3.63) is 41.2 Å². The van der Waals surface area contributed by atoms with E-state index in [9.17, 15) is 4.79 Å². The van der Waals surface area contributed by atoms with Crippen LogP contribution in [-0.4, -0.2) is 34.0 Å². The molecule has 0 amide bonds. The topological polar surface area (TPSA) is 66.6 Å². The van der Waals surface area contributed by atoms with Crippen molar-refractivity contribution in [1.82, 2.24) is 9.88 Å². The van der Waals surface area contributed by atoms with Crippen LogP contribution in [0.15, 0.2) is 34.9 Å². The van der Waals surface area contributed by atoms with Crippen LogP contribution in [0.2, 0.25) is 5.02 Å². The first-order chi connectivity index (χ1) is 9.47. The Morgan fingerprint density at radius 1 is 1.52 bits per heavy atom. The standard InChI is InChI=1S/C14H15ClN2O3.ClH/c1-9(14(18)19)17(2)7-12-8-20-13(16-12)10-4-3-5-11(15)6-10;/h3-6,8-9H,7H2,1-2H3,(H,18,19);1H. The molecule has 0 aliphatic rings. The minimum atomic E-state index is -0.869. The smallest absolute Gasteiger partial charge is 0.320 e. The Bertz CT molecular complexity index is 616. The van der Waals surface area contributed by atoms with E-state index in [0.717, 1.165) is 5.56 Å². The van der Waals surface area contributed by atoms with Gasteiger partial charge in [-0.2, -0.15) is 0 Å². The predicted octanol–water partition coefficient (Wildman–Crippen LogP) is 3.32. The average molecular weight is 331 g/mol. The summed E-state index contributed by atoms with van der Waals surface area (Å²) in [6, 6.07) is 6.63. The fourth-order valence-electron chi connectivity index (χ4n) is 1.71. The van der Waals surface area contributed by atoms with Crippen molar-refractivity contribution >= 4 is 30.0 Å². The largest absolute Gasteiger partial charge is 0.480 e. The Kier molecular flexibility index (Phi) is 6.20. The molecular formula is C14H16Cl2N2O3. The average Bonchev–Trinajstić information content (AvgIpc) is 2.86. The molecule has 1 aromatic heterocycles. The Balaban J connectivity index is 0.00000220. The highest BCUT2D eigenvalue weighted by molar-refractivity contribution is 6.30. The number of benzene rings is 1. The second kappa shape index (κ2) is 7.45. The fourth-order valence-corrected chi connectivity index (χ4v) is 1.90. The molecule has 5 nitrogen and oxygen atoms in total. The lowest BCUT2D eigenvalue weighted by atomic mass is 10.2. The first-order valence-corrected chi connectivity index (χ1v) is 6.48. The zero-order valence-electron chi connectivity index (χ0n) is 11.6. The summed E-state index contributed by atoms with van der Waals surface area (Å²) >= 11 is 5.92. The molecule has 0 saturated carbocycles. The van der Waals surface area contributed by atoms with Gasteiger partial charge in [0.15, 0.2) is 0 Å². The third-order valence-electron chi connectivity index (χ3n) is 3.05. The van der Waals surface area contributed by atoms with Gasteiger partial charge in [-0.05, 0) is 32.2 Å². The number of likely N-dealkylation sites (N-methyl/N-ethyl adjacent to an activating group) is 1. The van der Waals surface area contributed by atoms with E-state index >= 15 is 0 Å². The third kappa shape index (κ3) is 4.46. The quantitative estimate of drug-likeness (QED) is 0.910. The SMILES string of the molecule is CC(C(=O)O)N(C)Cc1coc(-c2cccc(Cl)c2)n1.Cl. The number of hydrogen-bond acceptors (Lipinski definition) is 4. The maximum Gasteiger partial charge on any atom is 0.320 e. The van der Waals surface area contributed by atoms with Crippen molar-refractivity contribution in [2.75, 3.05) is 7.05 Å². The maximum atomic E-state index is 10.9. The van der Waals surface area contributed by atoms with Crippen LogP contribution >= 0.6 is 24.0 Å². The van der Waals surface area contributed by atoms with Crippen LogP contribution in [0.25, 0.3) is 11.5 Å². The summed E-state index contributed by atoms with van der Waals surface area (Å²) in [4.78, 5) is 16.9. The van der Waals surface area contributed by atoms with Gasteiger partial charge in [0.05, 0.1) is 5.69 Å². The summed E-state index contributed by atoms with van der Waals surface area (Å²) in [5.74, 6) is -0.398. The van der Waals surface area contributed by atoms with Crippen LogP contribution in [0, 0.1) is 0 Å². The van der Waals surface area contributed by atoms with Gasteiger partial charge >= 0.3 is 5.97 Å². The summed E-state index contributed by atoms with van der Waals surface area (Å²) in [5.41, 5.74) is 1.47. The van der Waals surface area contributed by atoms with Crippen LogP contribution in [-0.2, 0) is 11.3 Å². The number of halogens is 2. The van der Waals surface area contributed by atoms with Crippen molar-refractivity contribution in [3.63, 3.8) is 0 Å². The first-order valence-electron chi connectivity index (χ1n) is 6.11. The number of rotatable bonds is 5. The Morgan fingerprint density at radius 3 is 2.86 bits per heavy atom. The highest BCUT2D eigenvalue weighted by Crippen LogP contribution is 2.22. The molecule has 0 saturated heterocycles. The van der Waals surface area contributed by atoms with E-state index < -0.39 is 12.0 Å². The number of carboxylic acids is 1. The summed E-state index contributed by atoms with van der Waals surface area (Å²) in [6.45, 7) is 2.03. The van der Waals surface area contributed by atoms with Crippen LogP contribution in [0.3, 0.4) is 0 Å². The summed E-state index contributed by atoms with van der Waals surface area (Å²) < 4.78 is 5.40. The van der Waals surface area contributed by atoms with Crippen molar-refractivity contribution in [2.45, 2.75) is 19.5 Å². The zero-order chi connectivity index (χ0) is 14.7. The normalized spacial score (nSPS) is 12.0. The first kappa shape index (κ1) is 17.5. The number of aliphatic carboxylic acids is 1. The minimum absolute atomic E-state index is 0. The number of oxazole rings is 1. The predicted molar refractivity (Wildman–Crippen MR) is 82.8 cm³/mol. The van der Waals surface area contributed by atoms with Crippen LogP contribution < -0.4 is 0 Å². The molecule has 0 spiro atoms. The van der Waals surface area contributed by atoms with Gasteiger partial charge in [-0.25, -0.2) is 4.98 Å². The molecule has 1 N–H and O–H groups in total. The Hall–Kier alpha value is -1.56. The highest BCUT2D eigenvalue weighted by atomic mass is 35.5. The van der Waals surface area contributed by atoms with Crippen molar-refractivity contribution in [1.29, 1.82) is 0 Å². The molecule has 0 bridgehead atoms. The molecule has 0 aliphatic carbocycles. The lowest BCUT2D eigenvalue weighted by Crippen LogP contribution is -2.35. The fraction of sp³-hybridized carbons (Fsp3) is 0.286. The number of hydrogen-bond donors (Lipinski definition) is 1. The van der Waals surface area contributed by atoms with Crippen molar-refractivity contribution < 1.29 is 14.3 Å². The van der Waals surface area contributed by atoms with Gasteiger partial charge in [-0.15, -0.1) is 12.4 Å². The summed E-state index contributed by atoms with van der Waals surface area (Å²) in [5, 5.41) is 9.55. The van der Waals surface area contributed by atoms with Gasteiger partial charge in [-0.3, -0.25) is 9.69 Å². The lowest BCUT2D eigenvalue weighted by molar-refractivity contribution is -0.142. The van der Waals surface area contributed by atoms with Crippen LogP contribution in [0.5, 0.6) is 0 Å². The zero-order valence-corrected chi connectivity index (χ0v) is 13.2. The number of nitrogens with zero attached hydrogens (tertiary/aromatic N) is 2. The Labute approximate surface area is 133 Å². The van der Waals surface area contributed by atoms with Gasteiger partial charge in [0.2, 0.25) is 5.89 Å². The molecule has 0 fully saturated rings. The van der Waals surface area contributed by atoms with Crippen LogP contribution in [0.1, 0.15) is 12.6 Å². The Morgan fingerprint density at radius 2 is 2.24 bits per heavy atom. The van der Waals surface area contributed by atoms with E-state index in [-0.39, 0.29) is 12.4 Å². The van der Waals surface area contributed by atoms with E-state index in [0.29, 0.717) is 23.2 Å². The molecule has 1 atom stereocenters. The maximum absolute atomic E-state index is 10.9. The molecular weight excluding hydrogens is 315 g/mol. The molecule has 1 heterocycles. The number of carboxylic acid groups (broad SMARTS) is 1. The molecule has 2 aromatic rings. The van der Waals surface area contributed by atoms with Crippen molar-refractivity contribution in [2.24, 2.45) is 0 Å². The lowest BCUT2D eigenvalue weighted by Gasteiger charge is -2.19. The van der Waals surface area contributed by atoms with Gasteiger partial charge in [0, 0.05) is 17.1 Å². The van der Waals surface area contributed by atoms with E-state index in [1.54, 1.807) is 31.0 Å². The van der Waals surface area contributed by atoms with Gasteiger partial charge in [0.1, 0.15) is 12.3 Å². The third-order valence-corrected chi connectivity index (χ3v) is 3.29. The molecule has 0 aliphatic heterocycles. The molecule has 1 aromatic carbocycles. The van der Waals surface area contributed by atoms with Crippen molar-refractivity contribution in [3.8, 4) is 11.5 Å². The van der Waals surface area contributed by atoms with Gasteiger partial charge < -0.3 is 9.52 Å². The summed E-state index contributed by atoms with van der Waals surface area (Å²) in [6.07, 6.45) is 1.53. The molecule has 1 unspecified atom stereocenters. The van der Waals surface area contributed by atoms with E-state index in [2.05, 4.69) is 4.98 Å². The summed E-state index contributed by atoms with van der Waals surface area (Å²) in [7, 11) is 1.73.